The molecule has 0 saturated heterocycles. The molecule has 1 fully saturated rings. The third-order valence-electron chi connectivity index (χ3n) is 5.12. The first-order chi connectivity index (χ1) is 10.1. The van der Waals surface area contributed by atoms with Gasteiger partial charge in [0, 0.05) is 11.7 Å². The van der Waals surface area contributed by atoms with E-state index in [0.29, 0.717) is 6.04 Å². The van der Waals surface area contributed by atoms with Gasteiger partial charge in [0.05, 0.1) is 11.7 Å². The highest BCUT2D eigenvalue weighted by Crippen LogP contribution is 2.34. The van der Waals surface area contributed by atoms with E-state index in [2.05, 4.69) is 32.4 Å². The first-order valence-corrected chi connectivity index (χ1v) is 8.95. The maximum atomic E-state index is 6.22. The summed E-state index contributed by atoms with van der Waals surface area (Å²) in [5.41, 5.74) is 10.4. The summed E-state index contributed by atoms with van der Waals surface area (Å²) in [5.74, 6) is 0.837. The first-order valence-electron chi connectivity index (χ1n) is 8.95. The molecule has 1 aliphatic rings. The van der Waals surface area contributed by atoms with Crippen molar-refractivity contribution < 1.29 is 0 Å². The van der Waals surface area contributed by atoms with Crippen molar-refractivity contribution in [2.75, 3.05) is 0 Å². The summed E-state index contributed by atoms with van der Waals surface area (Å²) in [6, 6.07) is 0.879. The van der Waals surface area contributed by atoms with E-state index in [1.165, 1.54) is 42.6 Å². The Morgan fingerprint density at radius 1 is 1.24 bits per heavy atom. The van der Waals surface area contributed by atoms with Crippen molar-refractivity contribution in [3.8, 4) is 0 Å². The zero-order valence-corrected chi connectivity index (χ0v) is 14.4. The van der Waals surface area contributed by atoms with E-state index in [9.17, 15) is 0 Å². The molecule has 1 aromatic rings. The molecule has 1 aromatic heterocycles. The van der Waals surface area contributed by atoms with Gasteiger partial charge in [-0.3, -0.25) is 4.68 Å². The molecule has 21 heavy (non-hydrogen) atoms. The molecule has 3 nitrogen and oxygen atoms in total. The van der Waals surface area contributed by atoms with Crippen LogP contribution in [0, 0.1) is 5.92 Å². The van der Waals surface area contributed by atoms with Crippen molar-refractivity contribution in [3.63, 3.8) is 0 Å². The van der Waals surface area contributed by atoms with Gasteiger partial charge in [-0.2, -0.15) is 5.10 Å². The van der Waals surface area contributed by atoms with E-state index in [1.807, 2.05) is 0 Å². The van der Waals surface area contributed by atoms with Gasteiger partial charge < -0.3 is 5.73 Å². The van der Waals surface area contributed by atoms with Crippen LogP contribution < -0.4 is 5.73 Å². The van der Waals surface area contributed by atoms with Gasteiger partial charge in [0.25, 0.3) is 0 Å². The number of nitrogens with zero attached hydrogens (tertiary/aromatic N) is 2. The van der Waals surface area contributed by atoms with Gasteiger partial charge >= 0.3 is 0 Å². The molecule has 2 N–H and O–H groups in total. The summed E-state index contributed by atoms with van der Waals surface area (Å²) in [5, 5.41) is 5.01. The lowest BCUT2D eigenvalue weighted by atomic mass is 9.87. The molecule has 0 aromatic carbocycles. The molecule has 3 unspecified atom stereocenters. The Morgan fingerprint density at radius 3 is 2.57 bits per heavy atom. The van der Waals surface area contributed by atoms with Gasteiger partial charge in [-0.25, -0.2) is 0 Å². The molecule has 1 heterocycles. The summed E-state index contributed by atoms with van der Waals surface area (Å²) in [6.07, 6.45) is 9.44. The summed E-state index contributed by atoms with van der Waals surface area (Å²) < 4.78 is 2.38. The second kappa shape index (κ2) is 7.44. The monoisotopic (exact) mass is 291 g/mol. The van der Waals surface area contributed by atoms with E-state index in [0.717, 1.165) is 31.6 Å². The van der Waals surface area contributed by atoms with Crippen LogP contribution in [0.25, 0.3) is 0 Å². The Morgan fingerprint density at radius 2 is 2.00 bits per heavy atom. The predicted octanol–water partition coefficient (Wildman–Crippen LogP) is 4.04. The van der Waals surface area contributed by atoms with Gasteiger partial charge in [-0.1, -0.05) is 40.5 Å². The van der Waals surface area contributed by atoms with Crippen molar-refractivity contribution in [3.05, 3.63) is 17.0 Å². The average Bonchev–Trinajstić information content (AvgIpc) is 2.84. The minimum absolute atomic E-state index is 0.267. The van der Waals surface area contributed by atoms with Gasteiger partial charge in [-0.15, -0.1) is 0 Å². The minimum atomic E-state index is 0.267. The average molecular weight is 291 g/mol. The van der Waals surface area contributed by atoms with Crippen LogP contribution in [-0.2, 0) is 19.3 Å². The Hall–Kier alpha value is -0.830. The molecule has 0 spiro atoms. The number of aryl methyl sites for hydroxylation is 1. The zero-order chi connectivity index (χ0) is 15.4. The van der Waals surface area contributed by atoms with Crippen molar-refractivity contribution in [1.82, 2.24) is 9.78 Å². The van der Waals surface area contributed by atoms with Crippen molar-refractivity contribution in [2.45, 2.75) is 91.1 Å². The highest BCUT2D eigenvalue weighted by atomic mass is 15.3. The highest BCUT2D eigenvalue weighted by molar-refractivity contribution is 5.28. The van der Waals surface area contributed by atoms with Gasteiger partial charge in [0.2, 0.25) is 0 Å². The molecule has 120 valence electrons. The number of aromatic nitrogens is 2. The fraction of sp³-hybridized carbons (Fsp3) is 0.833. The molecule has 0 aliphatic heterocycles. The Kier molecular flexibility index (Phi) is 5.86. The molecule has 3 heteroatoms. The Balaban J connectivity index is 2.32. The maximum absolute atomic E-state index is 6.22. The molecule has 0 bridgehead atoms. The second-order valence-corrected chi connectivity index (χ2v) is 6.82. The summed E-state index contributed by atoms with van der Waals surface area (Å²) >= 11 is 0. The zero-order valence-electron chi connectivity index (χ0n) is 14.4. The fourth-order valence-electron chi connectivity index (χ4n) is 3.78. The Bertz CT molecular complexity index is 450. The molecule has 3 atom stereocenters. The maximum Gasteiger partial charge on any atom is 0.0657 e. The van der Waals surface area contributed by atoms with Gasteiger partial charge in [0.1, 0.15) is 0 Å². The largest absolute Gasteiger partial charge is 0.327 e. The van der Waals surface area contributed by atoms with Crippen LogP contribution in [0.2, 0.25) is 0 Å². The van der Waals surface area contributed by atoms with E-state index in [4.69, 9.17) is 10.8 Å². The number of rotatable bonds is 6. The second-order valence-electron chi connectivity index (χ2n) is 6.82. The molecular weight excluding hydrogens is 258 g/mol. The predicted molar refractivity (Wildman–Crippen MR) is 89.6 cm³/mol. The van der Waals surface area contributed by atoms with E-state index >= 15 is 0 Å². The SMILES string of the molecule is CCc1nn(C2CCCC(C)C2)c(CC)c1CC(N)CC. The fourth-order valence-corrected chi connectivity index (χ4v) is 3.78. The lowest BCUT2D eigenvalue weighted by Gasteiger charge is -2.28. The highest BCUT2D eigenvalue weighted by Gasteiger charge is 2.25. The smallest absolute Gasteiger partial charge is 0.0657 e. The van der Waals surface area contributed by atoms with Gasteiger partial charge in [0.15, 0.2) is 0 Å². The van der Waals surface area contributed by atoms with Crippen LogP contribution in [0.1, 0.15) is 82.8 Å². The van der Waals surface area contributed by atoms with Crippen LogP contribution in [0.15, 0.2) is 0 Å². The van der Waals surface area contributed by atoms with Gasteiger partial charge in [-0.05, 0) is 50.0 Å². The lowest BCUT2D eigenvalue weighted by molar-refractivity contribution is 0.261. The summed E-state index contributed by atoms with van der Waals surface area (Å²) in [4.78, 5) is 0. The Labute approximate surface area is 130 Å². The number of hydrogen-bond donors (Lipinski definition) is 1. The third-order valence-corrected chi connectivity index (χ3v) is 5.12. The normalized spacial score (nSPS) is 24.2. The molecule has 0 radical (unpaired) electrons. The summed E-state index contributed by atoms with van der Waals surface area (Å²) in [7, 11) is 0. The van der Waals surface area contributed by atoms with E-state index in [1.54, 1.807) is 0 Å². The first kappa shape index (κ1) is 16.5. The van der Waals surface area contributed by atoms with Crippen LogP contribution in [0.5, 0.6) is 0 Å². The van der Waals surface area contributed by atoms with Crippen molar-refractivity contribution in [1.29, 1.82) is 0 Å². The molecule has 2 rings (SSSR count). The quantitative estimate of drug-likeness (QED) is 0.859. The van der Waals surface area contributed by atoms with E-state index in [-0.39, 0.29) is 6.04 Å². The molecule has 1 saturated carbocycles. The molecule has 1 aliphatic carbocycles. The van der Waals surface area contributed by atoms with Crippen LogP contribution in [-0.4, -0.2) is 15.8 Å². The van der Waals surface area contributed by atoms with Crippen LogP contribution >= 0.6 is 0 Å². The standard InChI is InChI=1S/C18H33N3/c1-5-14(19)12-16-17(6-2)20-21(18(16)7-3)15-10-8-9-13(4)11-15/h13-15H,5-12,19H2,1-4H3. The minimum Gasteiger partial charge on any atom is -0.327 e. The molecule has 0 amide bonds. The number of nitrogens with two attached hydrogens (primary N) is 1. The lowest BCUT2D eigenvalue weighted by Crippen LogP contribution is -2.23. The topological polar surface area (TPSA) is 43.8 Å². The van der Waals surface area contributed by atoms with E-state index < -0.39 is 0 Å². The number of hydrogen-bond acceptors (Lipinski definition) is 2. The van der Waals surface area contributed by atoms with Crippen LogP contribution in [0.4, 0.5) is 0 Å². The third kappa shape index (κ3) is 3.68. The molecular formula is C18H33N3. The van der Waals surface area contributed by atoms with Crippen molar-refractivity contribution in [2.24, 2.45) is 11.7 Å². The summed E-state index contributed by atoms with van der Waals surface area (Å²) in [6.45, 7) is 9.04. The van der Waals surface area contributed by atoms with Crippen molar-refractivity contribution >= 4 is 0 Å². The van der Waals surface area contributed by atoms with Crippen LogP contribution in [0.3, 0.4) is 0 Å².